The molecule has 0 spiro atoms. The van der Waals surface area contributed by atoms with Gasteiger partial charge in [-0.1, -0.05) is 27.7 Å². The topological polar surface area (TPSA) is 21.7 Å². The fourth-order valence-electron chi connectivity index (χ4n) is 0.942. The second-order valence-electron chi connectivity index (χ2n) is 5.20. The minimum Gasteiger partial charge on any atom is -0.337 e. The summed E-state index contributed by atoms with van der Waals surface area (Å²) in [4.78, 5) is 1.97. The van der Waals surface area contributed by atoms with Crippen LogP contribution in [0.5, 0.6) is 0 Å². The molecule has 0 saturated carbocycles. The standard InChI is InChI=1S/C12H27NO2/c1-10(2)8-14-12(5,13(6)7)15-9-11(3)4/h10-11H,8-9H2,1-7H3. The molecule has 0 aliphatic carbocycles. The third kappa shape index (κ3) is 6.13. The van der Waals surface area contributed by atoms with Gasteiger partial charge in [0.25, 0.3) is 0 Å². The highest BCUT2D eigenvalue weighted by Crippen LogP contribution is 2.17. The molecule has 0 rings (SSSR count). The van der Waals surface area contributed by atoms with Gasteiger partial charge >= 0.3 is 0 Å². The van der Waals surface area contributed by atoms with E-state index >= 15 is 0 Å². The fourth-order valence-corrected chi connectivity index (χ4v) is 0.942. The van der Waals surface area contributed by atoms with Crippen molar-refractivity contribution < 1.29 is 9.47 Å². The van der Waals surface area contributed by atoms with E-state index in [1.807, 2.05) is 25.9 Å². The highest BCUT2D eigenvalue weighted by molar-refractivity contribution is 4.61. The molecule has 0 amide bonds. The van der Waals surface area contributed by atoms with Crippen LogP contribution in [0.4, 0.5) is 0 Å². The minimum absolute atomic E-state index is 0.520. The van der Waals surface area contributed by atoms with Gasteiger partial charge in [-0.2, -0.15) is 0 Å². The molecule has 0 aromatic heterocycles. The summed E-state index contributed by atoms with van der Waals surface area (Å²) in [6, 6.07) is 0. The van der Waals surface area contributed by atoms with Crippen molar-refractivity contribution in [1.29, 1.82) is 0 Å². The lowest BCUT2D eigenvalue weighted by Gasteiger charge is -2.36. The molecule has 0 fully saturated rings. The first-order valence-corrected chi connectivity index (χ1v) is 5.73. The van der Waals surface area contributed by atoms with Gasteiger partial charge in [0.05, 0.1) is 13.2 Å². The Labute approximate surface area is 94.7 Å². The van der Waals surface area contributed by atoms with Crippen LogP contribution in [0.3, 0.4) is 0 Å². The highest BCUT2D eigenvalue weighted by Gasteiger charge is 2.29. The maximum absolute atomic E-state index is 5.81. The van der Waals surface area contributed by atoms with Crippen LogP contribution in [-0.2, 0) is 9.47 Å². The van der Waals surface area contributed by atoms with Crippen molar-refractivity contribution >= 4 is 0 Å². The Morgan fingerprint density at radius 1 is 0.933 bits per heavy atom. The van der Waals surface area contributed by atoms with E-state index in [9.17, 15) is 0 Å². The average molecular weight is 217 g/mol. The van der Waals surface area contributed by atoms with Crippen molar-refractivity contribution in [2.75, 3.05) is 27.3 Å². The Morgan fingerprint density at radius 2 is 1.27 bits per heavy atom. The molecule has 0 N–H and O–H groups in total. The first kappa shape index (κ1) is 14.9. The summed E-state index contributed by atoms with van der Waals surface area (Å²) >= 11 is 0. The largest absolute Gasteiger partial charge is 0.337 e. The average Bonchev–Trinajstić information content (AvgIpc) is 2.11. The molecule has 0 aliphatic heterocycles. The van der Waals surface area contributed by atoms with E-state index in [0.717, 1.165) is 0 Å². The van der Waals surface area contributed by atoms with Crippen molar-refractivity contribution in [3.8, 4) is 0 Å². The molecule has 0 bridgehead atoms. The Morgan fingerprint density at radius 3 is 1.47 bits per heavy atom. The van der Waals surface area contributed by atoms with E-state index in [1.165, 1.54) is 0 Å². The molecule has 0 aliphatic rings. The maximum Gasteiger partial charge on any atom is 0.226 e. The first-order chi connectivity index (χ1) is 6.78. The molecule has 0 unspecified atom stereocenters. The van der Waals surface area contributed by atoms with Crippen molar-refractivity contribution in [3.63, 3.8) is 0 Å². The summed E-state index contributed by atoms with van der Waals surface area (Å²) in [5.41, 5.74) is 0. The number of ether oxygens (including phenoxy) is 2. The van der Waals surface area contributed by atoms with Gasteiger partial charge in [0.15, 0.2) is 0 Å². The van der Waals surface area contributed by atoms with E-state index in [4.69, 9.17) is 9.47 Å². The smallest absolute Gasteiger partial charge is 0.226 e. The molecular formula is C12H27NO2. The summed E-state index contributed by atoms with van der Waals surface area (Å²) in [6.07, 6.45) is 0. The van der Waals surface area contributed by atoms with Gasteiger partial charge in [-0.05, 0) is 25.9 Å². The zero-order valence-corrected chi connectivity index (χ0v) is 11.3. The van der Waals surface area contributed by atoms with Crippen molar-refractivity contribution in [1.82, 2.24) is 4.90 Å². The predicted octanol–water partition coefficient (Wildman–Crippen LogP) is 2.57. The van der Waals surface area contributed by atoms with E-state index in [-0.39, 0.29) is 0 Å². The Kier molecular flexibility index (Phi) is 6.41. The molecule has 0 heterocycles. The van der Waals surface area contributed by atoms with Crippen molar-refractivity contribution in [2.45, 2.75) is 40.5 Å². The summed E-state index contributed by atoms with van der Waals surface area (Å²) in [6.45, 7) is 11.9. The number of rotatable bonds is 7. The third-order valence-electron chi connectivity index (χ3n) is 2.18. The fraction of sp³-hybridized carbons (Fsp3) is 1.00. The van der Waals surface area contributed by atoms with Crippen LogP contribution in [0.1, 0.15) is 34.6 Å². The van der Waals surface area contributed by atoms with Crippen LogP contribution < -0.4 is 0 Å². The summed E-state index contributed by atoms with van der Waals surface area (Å²) in [7, 11) is 3.95. The predicted molar refractivity (Wildman–Crippen MR) is 63.7 cm³/mol. The van der Waals surface area contributed by atoms with E-state index in [1.54, 1.807) is 0 Å². The molecule has 15 heavy (non-hydrogen) atoms. The summed E-state index contributed by atoms with van der Waals surface area (Å²) < 4.78 is 11.6. The highest BCUT2D eigenvalue weighted by atomic mass is 16.7. The van der Waals surface area contributed by atoms with Crippen LogP contribution in [0.25, 0.3) is 0 Å². The number of hydrogen-bond donors (Lipinski definition) is 0. The summed E-state index contributed by atoms with van der Waals surface area (Å²) in [5.74, 6) is 0.438. The monoisotopic (exact) mass is 217 g/mol. The van der Waals surface area contributed by atoms with Gasteiger partial charge < -0.3 is 9.47 Å². The van der Waals surface area contributed by atoms with Gasteiger partial charge in [-0.25, -0.2) is 0 Å². The van der Waals surface area contributed by atoms with Gasteiger partial charge in [0.1, 0.15) is 0 Å². The first-order valence-electron chi connectivity index (χ1n) is 5.73. The van der Waals surface area contributed by atoms with E-state index in [0.29, 0.717) is 25.0 Å². The molecule has 0 saturated heterocycles. The molecular weight excluding hydrogens is 190 g/mol. The van der Waals surface area contributed by atoms with Crippen LogP contribution in [0.15, 0.2) is 0 Å². The van der Waals surface area contributed by atoms with Gasteiger partial charge in [-0.3, -0.25) is 4.90 Å². The molecule has 0 aromatic carbocycles. The molecule has 92 valence electrons. The van der Waals surface area contributed by atoms with Gasteiger partial charge in [0.2, 0.25) is 5.91 Å². The third-order valence-corrected chi connectivity index (χ3v) is 2.18. The van der Waals surface area contributed by atoms with Crippen LogP contribution >= 0.6 is 0 Å². The Hall–Kier alpha value is -0.120. The minimum atomic E-state index is -0.603. The molecule has 0 aromatic rings. The van der Waals surface area contributed by atoms with Crippen LogP contribution in [-0.4, -0.2) is 38.1 Å². The van der Waals surface area contributed by atoms with Gasteiger partial charge in [0, 0.05) is 6.92 Å². The molecule has 0 radical (unpaired) electrons. The Bertz CT molecular complexity index is 155. The number of nitrogens with zero attached hydrogens (tertiary/aromatic N) is 1. The second-order valence-corrected chi connectivity index (χ2v) is 5.20. The lowest BCUT2D eigenvalue weighted by Crippen LogP contribution is -2.47. The number of hydrogen-bond acceptors (Lipinski definition) is 3. The van der Waals surface area contributed by atoms with Gasteiger partial charge in [-0.15, -0.1) is 0 Å². The summed E-state index contributed by atoms with van der Waals surface area (Å²) in [5, 5.41) is 0. The lowest BCUT2D eigenvalue weighted by molar-refractivity contribution is -0.302. The quantitative estimate of drug-likeness (QED) is 0.612. The normalized spacial score (nSPS) is 13.2. The SMILES string of the molecule is CC(C)COC(C)(OCC(C)C)N(C)C. The zero-order valence-electron chi connectivity index (χ0n) is 11.3. The maximum atomic E-state index is 5.81. The molecule has 0 atom stereocenters. The zero-order chi connectivity index (χ0) is 12.1. The second kappa shape index (κ2) is 6.46. The van der Waals surface area contributed by atoms with Crippen molar-refractivity contribution in [3.05, 3.63) is 0 Å². The van der Waals surface area contributed by atoms with E-state index < -0.39 is 5.91 Å². The molecule has 3 nitrogen and oxygen atoms in total. The lowest BCUT2D eigenvalue weighted by atomic mass is 10.2. The Balaban J connectivity index is 4.19. The van der Waals surface area contributed by atoms with Crippen LogP contribution in [0, 0.1) is 11.8 Å². The molecule has 3 heteroatoms. The van der Waals surface area contributed by atoms with Crippen molar-refractivity contribution in [2.24, 2.45) is 11.8 Å². The van der Waals surface area contributed by atoms with Crippen LogP contribution in [0.2, 0.25) is 0 Å². The van der Waals surface area contributed by atoms with E-state index in [2.05, 4.69) is 27.7 Å².